The SMILES string of the molecule is CCOc1ccccc1OC(c1ncco1)[C@@H]1CNCCO1. The van der Waals surface area contributed by atoms with Gasteiger partial charge < -0.3 is 23.9 Å². The lowest BCUT2D eigenvalue weighted by Gasteiger charge is -2.29. The van der Waals surface area contributed by atoms with Gasteiger partial charge in [-0.3, -0.25) is 0 Å². The molecule has 6 nitrogen and oxygen atoms in total. The van der Waals surface area contributed by atoms with Crippen LogP contribution in [-0.4, -0.2) is 37.4 Å². The van der Waals surface area contributed by atoms with Crippen LogP contribution in [0.15, 0.2) is 41.1 Å². The zero-order valence-corrected chi connectivity index (χ0v) is 12.5. The van der Waals surface area contributed by atoms with Gasteiger partial charge in [0.15, 0.2) is 11.5 Å². The van der Waals surface area contributed by atoms with E-state index in [2.05, 4.69) is 10.3 Å². The number of nitrogens with zero attached hydrogens (tertiary/aromatic N) is 1. The van der Waals surface area contributed by atoms with Crippen LogP contribution >= 0.6 is 0 Å². The maximum atomic E-state index is 6.14. The van der Waals surface area contributed by atoms with Gasteiger partial charge in [-0.1, -0.05) is 12.1 Å². The van der Waals surface area contributed by atoms with Crippen molar-refractivity contribution in [2.24, 2.45) is 0 Å². The Morgan fingerprint density at radius 3 is 2.91 bits per heavy atom. The van der Waals surface area contributed by atoms with Crippen LogP contribution in [0.25, 0.3) is 0 Å². The van der Waals surface area contributed by atoms with Gasteiger partial charge in [0, 0.05) is 13.1 Å². The first-order chi connectivity index (χ1) is 10.9. The summed E-state index contributed by atoms with van der Waals surface area (Å²) in [7, 11) is 0. The van der Waals surface area contributed by atoms with E-state index in [1.165, 1.54) is 6.26 Å². The van der Waals surface area contributed by atoms with Gasteiger partial charge in [0.25, 0.3) is 0 Å². The summed E-state index contributed by atoms with van der Waals surface area (Å²) in [4.78, 5) is 4.22. The van der Waals surface area contributed by atoms with E-state index in [-0.39, 0.29) is 6.10 Å². The fraction of sp³-hybridized carbons (Fsp3) is 0.438. The van der Waals surface area contributed by atoms with Crippen LogP contribution in [0, 0.1) is 0 Å². The largest absolute Gasteiger partial charge is 0.490 e. The number of morpholine rings is 1. The molecule has 6 heteroatoms. The highest BCUT2D eigenvalue weighted by Gasteiger charge is 2.32. The first kappa shape index (κ1) is 14.9. The van der Waals surface area contributed by atoms with Crippen molar-refractivity contribution in [1.82, 2.24) is 10.3 Å². The van der Waals surface area contributed by atoms with Crippen molar-refractivity contribution in [1.29, 1.82) is 0 Å². The molecule has 0 aliphatic carbocycles. The first-order valence-electron chi connectivity index (χ1n) is 7.48. The average Bonchev–Trinajstić information content (AvgIpc) is 3.09. The van der Waals surface area contributed by atoms with Crippen molar-refractivity contribution in [2.75, 3.05) is 26.3 Å². The molecule has 0 spiro atoms. The molecule has 2 heterocycles. The molecule has 1 fully saturated rings. The van der Waals surface area contributed by atoms with Crippen molar-refractivity contribution in [2.45, 2.75) is 19.1 Å². The van der Waals surface area contributed by atoms with E-state index in [0.29, 0.717) is 37.1 Å². The van der Waals surface area contributed by atoms with Gasteiger partial charge in [0.1, 0.15) is 12.4 Å². The monoisotopic (exact) mass is 304 g/mol. The molecule has 1 saturated heterocycles. The summed E-state index contributed by atoms with van der Waals surface area (Å²) in [6, 6.07) is 7.57. The van der Waals surface area contributed by atoms with Crippen LogP contribution in [0.2, 0.25) is 0 Å². The molecule has 0 amide bonds. The molecule has 1 unspecified atom stereocenters. The van der Waals surface area contributed by atoms with Crippen LogP contribution in [0.1, 0.15) is 18.9 Å². The normalized spacial score (nSPS) is 19.6. The molecule has 22 heavy (non-hydrogen) atoms. The summed E-state index contributed by atoms with van der Waals surface area (Å²) in [5.74, 6) is 1.85. The van der Waals surface area contributed by atoms with Gasteiger partial charge in [0.05, 0.1) is 19.4 Å². The van der Waals surface area contributed by atoms with Crippen LogP contribution in [0.4, 0.5) is 0 Å². The van der Waals surface area contributed by atoms with Gasteiger partial charge in [-0.15, -0.1) is 0 Å². The van der Waals surface area contributed by atoms with E-state index in [1.807, 2.05) is 31.2 Å². The molecule has 1 N–H and O–H groups in total. The minimum atomic E-state index is -0.426. The van der Waals surface area contributed by atoms with Crippen LogP contribution < -0.4 is 14.8 Å². The molecule has 1 aromatic heterocycles. The van der Waals surface area contributed by atoms with Crippen molar-refractivity contribution in [3.63, 3.8) is 0 Å². The molecule has 118 valence electrons. The Morgan fingerprint density at radius 1 is 1.36 bits per heavy atom. The summed E-state index contributed by atoms with van der Waals surface area (Å²) in [6.07, 6.45) is 2.55. The number of nitrogens with one attached hydrogen (secondary N) is 1. The fourth-order valence-electron chi connectivity index (χ4n) is 2.40. The third-order valence-corrected chi connectivity index (χ3v) is 3.39. The standard InChI is InChI=1S/C16H20N2O4/c1-2-19-12-5-3-4-6-13(12)22-15(16-18-8-10-21-16)14-11-17-7-9-20-14/h3-6,8,10,14-15,17H,2,7,9,11H2,1H3/t14-,15?/m0/s1. The highest BCUT2D eigenvalue weighted by atomic mass is 16.6. The molecule has 0 radical (unpaired) electrons. The average molecular weight is 304 g/mol. The molecule has 1 aromatic carbocycles. The van der Waals surface area contributed by atoms with E-state index < -0.39 is 6.10 Å². The van der Waals surface area contributed by atoms with E-state index in [1.54, 1.807) is 6.20 Å². The Bertz CT molecular complexity index is 567. The second-order valence-corrected chi connectivity index (χ2v) is 4.90. The minimum Gasteiger partial charge on any atom is -0.490 e. The minimum absolute atomic E-state index is 0.165. The molecule has 2 atom stereocenters. The molecule has 1 aliphatic rings. The maximum absolute atomic E-state index is 6.14. The predicted octanol–water partition coefficient (Wildman–Crippen LogP) is 2.18. The number of hydrogen-bond donors (Lipinski definition) is 1. The molecule has 2 aromatic rings. The molecule has 3 rings (SSSR count). The summed E-state index contributed by atoms with van der Waals surface area (Å²) >= 11 is 0. The van der Waals surface area contributed by atoms with Crippen LogP contribution in [0.5, 0.6) is 11.5 Å². The van der Waals surface area contributed by atoms with Crippen LogP contribution in [-0.2, 0) is 4.74 Å². The number of rotatable bonds is 6. The lowest BCUT2D eigenvalue weighted by Crippen LogP contribution is -2.43. The molecule has 1 aliphatic heterocycles. The zero-order valence-electron chi connectivity index (χ0n) is 12.5. The second-order valence-electron chi connectivity index (χ2n) is 4.90. The summed E-state index contributed by atoms with van der Waals surface area (Å²) < 4.78 is 23.0. The van der Waals surface area contributed by atoms with E-state index in [4.69, 9.17) is 18.6 Å². The van der Waals surface area contributed by atoms with E-state index >= 15 is 0 Å². The lowest BCUT2D eigenvalue weighted by atomic mass is 10.1. The van der Waals surface area contributed by atoms with Crippen molar-refractivity contribution < 1.29 is 18.6 Å². The molecular weight excluding hydrogens is 284 g/mol. The number of hydrogen-bond acceptors (Lipinski definition) is 6. The Morgan fingerprint density at radius 2 is 2.23 bits per heavy atom. The van der Waals surface area contributed by atoms with Gasteiger partial charge in [-0.05, 0) is 19.1 Å². The molecular formula is C16H20N2O4. The summed E-state index contributed by atoms with van der Waals surface area (Å²) in [5.41, 5.74) is 0. The van der Waals surface area contributed by atoms with E-state index in [0.717, 1.165) is 6.54 Å². The lowest BCUT2D eigenvalue weighted by molar-refractivity contribution is -0.0527. The number of oxazole rings is 1. The predicted molar refractivity (Wildman–Crippen MR) is 80.1 cm³/mol. The third-order valence-electron chi connectivity index (χ3n) is 3.39. The van der Waals surface area contributed by atoms with Crippen LogP contribution in [0.3, 0.4) is 0 Å². The quantitative estimate of drug-likeness (QED) is 0.882. The van der Waals surface area contributed by atoms with Crippen molar-refractivity contribution in [3.8, 4) is 11.5 Å². The summed E-state index contributed by atoms with van der Waals surface area (Å²) in [5, 5.41) is 3.30. The van der Waals surface area contributed by atoms with Gasteiger partial charge in [0.2, 0.25) is 12.0 Å². The molecule has 0 saturated carbocycles. The Hall–Kier alpha value is -2.05. The summed E-state index contributed by atoms with van der Waals surface area (Å²) in [6.45, 7) is 4.68. The number of benzene rings is 1. The van der Waals surface area contributed by atoms with Gasteiger partial charge >= 0.3 is 0 Å². The Kier molecular flexibility index (Phi) is 4.92. The highest BCUT2D eigenvalue weighted by Crippen LogP contribution is 2.33. The Balaban J connectivity index is 1.83. The van der Waals surface area contributed by atoms with Crippen molar-refractivity contribution in [3.05, 3.63) is 42.6 Å². The number of para-hydroxylation sites is 2. The highest BCUT2D eigenvalue weighted by molar-refractivity contribution is 5.39. The first-order valence-corrected chi connectivity index (χ1v) is 7.48. The zero-order chi connectivity index (χ0) is 15.2. The van der Waals surface area contributed by atoms with E-state index in [9.17, 15) is 0 Å². The third kappa shape index (κ3) is 3.40. The Labute approximate surface area is 129 Å². The van der Waals surface area contributed by atoms with Gasteiger partial charge in [-0.25, -0.2) is 4.98 Å². The maximum Gasteiger partial charge on any atom is 0.238 e. The smallest absolute Gasteiger partial charge is 0.238 e. The van der Waals surface area contributed by atoms with Gasteiger partial charge in [-0.2, -0.15) is 0 Å². The second kappa shape index (κ2) is 7.29. The topological polar surface area (TPSA) is 65.8 Å². The number of ether oxygens (including phenoxy) is 3. The number of aromatic nitrogens is 1. The fourth-order valence-corrected chi connectivity index (χ4v) is 2.40. The molecule has 0 bridgehead atoms. The van der Waals surface area contributed by atoms with Crippen molar-refractivity contribution >= 4 is 0 Å².